The van der Waals surface area contributed by atoms with E-state index in [2.05, 4.69) is 168 Å². The van der Waals surface area contributed by atoms with E-state index < -0.39 is 25.8 Å². The highest BCUT2D eigenvalue weighted by Crippen LogP contribution is 2.69. The van der Waals surface area contributed by atoms with E-state index in [9.17, 15) is 0 Å². The molecule has 0 aromatic heterocycles. The van der Waals surface area contributed by atoms with Crippen LogP contribution in [-0.4, -0.2) is 25.8 Å². The van der Waals surface area contributed by atoms with E-state index in [0.717, 1.165) is 0 Å². The van der Waals surface area contributed by atoms with E-state index in [1.54, 1.807) is 0 Å². The number of hydrogen-bond donors (Lipinski definition) is 0. The summed E-state index contributed by atoms with van der Waals surface area (Å²) in [6.45, 7) is 47.0. The zero-order valence-electron chi connectivity index (χ0n) is 23.8. The molecule has 0 atom stereocenters. The van der Waals surface area contributed by atoms with Gasteiger partial charge in [0.2, 0.25) is 0 Å². The van der Waals surface area contributed by atoms with Crippen molar-refractivity contribution in [2.45, 2.75) is 155 Å². The Kier molecular flexibility index (Phi) is 9.79. The van der Waals surface area contributed by atoms with Crippen LogP contribution in [0.5, 0.6) is 0 Å². The monoisotopic (exact) mass is 708 g/mol. The molecule has 0 spiro atoms. The van der Waals surface area contributed by atoms with Gasteiger partial charge in [-0.2, -0.15) is 0 Å². The predicted molar refractivity (Wildman–Crippen MR) is 169 cm³/mol. The maximum atomic E-state index is 3.14. The third kappa shape index (κ3) is 4.99. The molecule has 0 aromatic rings. The lowest BCUT2D eigenvalue weighted by Crippen LogP contribution is -2.78. The van der Waals surface area contributed by atoms with Gasteiger partial charge in [0.25, 0.3) is 0 Å². The normalized spacial score (nSPS) is 16.6. The molecule has 0 rings (SSSR count). The molecule has 0 aliphatic heterocycles. The molecule has 0 aliphatic rings. The fraction of sp³-hybridized carbons (Fsp3) is 1.00. The standard InChI is InChI=1S/C24H54I2Si4/c1-19(2,3)29(20(4,5)6,21(7,8)9)27(25)28(26)30(22(10,11)12,23(13,14)15)24(16,17)18/h1-18H3. The van der Waals surface area contributed by atoms with Gasteiger partial charge < -0.3 is 0 Å². The Balaban J connectivity index is 7.55. The third-order valence-electron chi connectivity index (χ3n) is 7.60. The van der Waals surface area contributed by atoms with Crippen molar-refractivity contribution in [3.05, 3.63) is 0 Å². The second kappa shape index (κ2) is 9.08. The largest absolute Gasteiger partial charge is 0.128 e. The van der Waals surface area contributed by atoms with Crippen molar-refractivity contribution in [1.29, 1.82) is 0 Å². The number of halogens is 2. The van der Waals surface area contributed by atoms with E-state index in [1.807, 2.05) is 0 Å². The molecule has 6 heteroatoms. The van der Waals surface area contributed by atoms with Gasteiger partial charge in [0.1, 0.15) is 10.7 Å². The van der Waals surface area contributed by atoms with Crippen LogP contribution in [0.3, 0.4) is 0 Å². The van der Waals surface area contributed by atoms with Gasteiger partial charge in [0.15, 0.2) is 0 Å². The molecule has 0 saturated heterocycles. The van der Waals surface area contributed by atoms with Crippen molar-refractivity contribution in [1.82, 2.24) is 0 Å². The molecular formula is C24H54I2Si4. The van der Waals surface area contributed by atoms with Crippen molar-refractivity contribution in [3.8, 4) is 0 Å². The molecule has 0 aromatic carbocycles. The van der Waals surface area contributed by atoms with Gasteiger partial charge in [-0.05, 0) is 30.2 Å². The molecule has 0 heterocycles. The molecule has 180 valence electrons. The highest BCUT2D eigenvalue weighted by Gasteiger charge is 2.72. The van der Waals surface area contributed by atoms with E-state index in [4.69, 9.17) is 0 Å². The van der Waals surface area contributed by atoms with Crippen molar-refractivity contribution in [2.75, 3.05) is 0 Å². The summed E-state index contributed by atoms with van der Waals surface area (Å²) in [7, 11) is -3.50. The zero-order valence-corrected chi connectivity index (χ0v) is 32.1. The van der Waals surface area contributed by atoms with Crippen LogP contribution in [-0.2, 0) is 0 Å². The van der Waals surface area contributed by atoms with Crippen LogP contribution < -0.4 is 0 Å². The number of rotatable bonds is 3. The maximum absolute atomic E-state index is 3.14. The first kappa shape index (κ1) is 32.3. The molecular weight excluding hydrogens is 654 g/mol. The Morgan fingerprint density at radius 3 is 0.500 bits per heavy atom. The Morgan fingerprint density at radius 2 is 0.433 bits per heavy atom. The molecule has 30 heavy (non-hydrogen) atoms. The summed E-state index contributed by atoms with van der Waals surface area (Å²) >= 11 is 6.28. The lowest BCUT2D eigenvalue weighted by molar-refractivity contribution is 0.552. The van der Waals surface area contributed by atoms with E-state index in [-0.39, 0.29) is 0 Å². The fourth-order valence-corrected chi connectivity index (χ4v) is 143. The first-order valence-electron chi connectivity index (χ1n) is 11.6. The summed E-state index contributed by atoms with van der Waals surface area (Å²) < 4.78 is 0. The van der Waals surface area contributed by atoms with E-state index >= 15 is 0 Å². The van der Waals surface area contributed by atoms with Crippen LogP contribution in [0.1, 0.15) is 125 Å². The average molecular weight is 709 g/mol. The van der Waals surface area contributed by atoms with Gasteiger partial charge in [-0.3, -0.25) is 0 Å². The Morgan fingerprint density at radius 1 is 0.333 bits per heavy atom. The number of hydrogen-bond acceptors (Lipinski definition) is 0. The lowest BCUT2D eigenvalue weighted by Gasteiger charge is -2.67. The Bertz CT molecular complexity index is 462. The van der Waals surface area contributed by atoms with Gasteiger partial charge in [0.05, 0.1) is 15.2 Å². The van der Waals surface area contributed by atoms with Crippen LogP contribution in [0.25, 0.3) is 0 Å². The summed E-state index contributed by atoms with van der Waals surface area (Å²) in [5.41, 5.74) is 0. The maximum Gasteiger partial charge on any atom is 0.121 e. The lowest BCUT2D eigenvalue weighted by atomic mass is 10.2. The van der Waals surface area contributed by atoms with Gasteiger partial charge in [0, 0.05) is 0 Å². The first-order valence-corrected chi connectivity index (χ1v) is 27.9. The summed E-state index contributed by atoms with van der Waals surface area (Å²) in [5, 5.41) is 1.22. The molecule has 0 nitrogen and oxygen atoms in total. The Labute approximate surface area is 222 Å². The highest BCUT2D eigenvalue weighted by atomic mass is 127. The van der Waals surface area contributed by atoms with Crippen LogP contribution in [0.15, 0.2) is 0 Å². The van der Waals surface area contributed by atoms with Crippen LogP contribution in [0.2, 0.25) is 30.2 Å². The molecule has 0 bridgehead atoms. The van der Waals surface area contributed by atoms with Crippen LogP contribution >= 0.6 is 43.6 Å². The topological polar surface area (TPSA) is 0 Å². The third-order valence-corrected chi connectivity index (χ3v) is 97.6. The van der Waals surface area contributed by atoms with Gasteiger partial charge in [-0.1, -0.05) is 125 Å². The minimum absolute atomic E-state index is 0.397. The molecule has 0 fully saturated rings. The predicted octanol–water partition coefficient (Wildman–Crippen LogP) is 10.8. The minimum Gasteiger partial charge on any atom is -0.128 e. The molecule has 0 saturated carbocycles. The van der Waals surface area contributed by atoms with Gasteiger partial charge in [-0.25, -0.2) is 0 Å². The van der Waals surface area contributed by atoms with Crippen molar-refractivity contribution in [2.24, 2.45) is 0 Å². The van der Waals surface area contributed by atoms with Crippen LogP contribution in [0, 0.1) is 0 Å². The second-order valence-electron chi connectivity index (χ2n) is 15.6. The zero-order chi connectivity index (χ0) is 25.2. The molecule has 0 unspecified atom stereocenters. The molecule has 0 N–H and O–H groups in total. The fourth-order valence-electron chi connectivity index (χ4n) is 9.05. The summed E-state index contributed by atoms with van der Waals surface area (Å²) in [6.07, 6.45) is 0. The molecule has 0 amide bonds. The SMILES string of the molecule is CC(C)(C)[Si]([Si](I)[Si](I)[Si](C(C)(C)C)(C(C)(C)C)C(C)(C)C)(C(C)(C)C)C(C)(C)C. The Hall–Kier alpha value is 2.33. The molecule has 2 radical (unpaired) electrons. The van der Waals surface area contributed by atoms with Crippen LogP contribution in [0.4, 0.5) is 0 Å². The molecule has 0 aliphatic carbocycles. The summed E-state index contributed by atoms with van der Waals surface area (Å²) in [4.78, 5) is 0. The van der Waals surface area contributed by atoms with Crippen molar-refractivity contribution < 1.29 is 0 Å². The minimum atomic E-state index is -1.75. The van der Waals surface area contributed by atoms with Gasteiger partial charge >= 0.3 is 0 Å². The van der Waals surface area contributed by atoms with E-state index in [0.29, 0.717) is 30.2 Å². The van der Waals surface area contributed by atoms with Crippen molar-refractivity contribution >= 4 is 69.4 Å². The van der Waals surface area contributed by atoms with E-state index in [1.165, 1.54) is 0 Å². The quantitative estimate of drug-likeness (QED) is 0.156. The summed E-state index contributed by atoms with van der Waals surface area (Å²) in [5.74, 6) is 0. The summed E-state index contributed by atoms with van der Waals surface area (Å²) in [6, 6.07) is 0. The first-order chi connectivity index (χ1) is 12.6. The average Bonchev–Trinajstić information content (AvgIpc) is 2.27. The second-order valence-corrected chi connectivity index (χ2v) is 61.1. The van der Waals surface area contributed by atoms with Crippen molar-refractivity contribution in [3.63, 3.8) is 0 Å². The smallest absolute Gasteiger partial charge is 0.121 e. The van der Waals surface area contributed by atoms with Gasteiger partial charge in [-0.15, -0.1) is 43.6 Å². The highest BCUT2D eigenvalue weighted by molar-refractivity contribution is 14.2.